The minimum Gasteiger partial charge on any atom is -0.456 e. The highest BCUT2D eigenvalue weighted by atomic mass is 16.3. The fraction of sp³-hybridized carbons (Fsp3) is 0.163. The van der Waals surface area contributed by atoms with Gasteiger partial charge in [-0.3, -0.25) is 0 Å². The van der Waals surface area contributed by atoms with Gasteiger partial charge in [0.2, 0.25) is 0 Å². The van der Waals surface area contributed by atoms with Crippen molar-refractivity contribution in [1.82, 2.24) is 0 Å². The van der Waals surface area contributed by atoms with Crippen molar-refractivity contribution >= 4 is 39.0 Å². The van der Waals surface area contributed by atoms with Gasteiger partial charge in [0, 0.05) is 22.1 Å². The lowest BCUT2D eigenvalue weighted by Gasteiger charge is -2.31. The molecular weight excluding hydrogens is 546 g/mol. The Morgan fingerprint density at radius 3 is 2.20 bits per heavy atom. The summed E-state index contributed by atoms with van der Waals surface area (Å²) in [6.07, 6.45) is 4.88. The van der Waals surface area contributed by atoms with Crippen LogP contribution in [0.3, 0.4) is 0 Å². The molecule has 0 unspecified atom stereocenters. The average Bonchev–Trinajstić information content (AvgIpc) is 3.57. The number of furan rings is 1. The van der Waals surface area contributed by atoms with Gasteiger partial charge in [0.15, 0.2) is 0 Å². The summed E-state index contributed by atoms with van der Waals surface area (Å²) in [5.41, 5.74) is 16.1. The number of hydrogen-bond acceptors (Lipinski definition) is 2. The van der Waals surface area contributed by atoms with Crippen LogP contribution in [0.5, 0.6) is 0 Å². The minimum atomic E-state index is -0.119. The summed E-state index contributed by atoms with van der Waals surface area (Å²) in [5.74, 6) is 0. The fourth-order valence-corrected chi connectivity index (χ4v) is 7.98. The zero-order valence-electron chi connectivity index (χ0n) is 25.8. The van der Waals surface area contributed by atoms with Crippen LogP contribution in [0.25, 0.3) is 44.2 Å². The summed E-state index contributed by atoms with van der Waals surface area (Å²) in [6.45, 7) is 4.74. The first-order valence-corrected chi connectivity index (χ1v) is 16.2. The number of aryl methyl sites for hydroxylation is 2. The molecule has 0 saturated heterocycles. The third kappa shape index (κ3) is 4.02. The Morgan fingerprint density at radius 1 is 0.556 bits per heavy atom. The van der Waals surface area contributed by atoms with Crippen LogP contribution in [0.2, 0.25) is 0 Å². The first kappa shape index (κ1) is 26.3. The number of fused-ring (bicyclic) bond motifs is 7. The molecule has 0 N–H and O–H groups in total. The topological polar surface area (TPSA) is 16.4 Å². The van der Waals surface area contributed by atoms with Gasteiger partial charge < -0.3 is 9.32 Å². The maximum Gasteiger partial charge on any atom is 0.137 e. The molecule has 2 nitrogen and oxygen atoms in total. The lowest BCUT2D eigenvalue weighted by atomic mass is 9.81. The molecule has 0 saturated carbocycles. The SMILES string of the molecule is CC1(C)c2ccccc2-c2cc(-c3ccc4c(c3)CCCC4)c(N(c3ccccc3)c3cccc4oc5ccccc5c34)cc21. The van der Waals surface area contributed by atoms with Gasteiger partial charge in [-0.1, -0.05) is 98.8 Å². The maximum atomic E-state index is 6.41. The number of para-hydroxylation sites is 2. The molecule has 0 bridgehead atoms. The van der Waals surface area contributed by atoms with Crippen molar-refractivity contribution in [2.75, 3.05) is 4.90 Å². The highest BCUT2D eigenvalue weighted by molar-refractivity contribution is 6.14. The van der Waals surface area contributed by atoms with Gasteiger partial charge in [0.25, 0.3) is 0 Å². The number of anilines is 3. The summed E-state index contributed by atoms with van der Waals surface area (Å²) in [4.78, 5) is 2.47. The van der Waals surface area contributed by atoms with Gasteiger partial charge in [-0.15, -0.1) is 0 Å². The Morgan fingerprint density at radius 2 is 1.31 bits per heavy atom. The van der Waals surface area contributed by atoms with Crippen molar-refractivity contribution in [3.05, 3.63) is 150 Å². The average molecular weight is 582 g/mol. The molecule has 2 aliphatic rings. The van der Waals surface area contributed by atoms with E-state index in [1.54, 1.807) is 0 Å². The summed E-state index contributed by atoms with van der Waals surface area (Å²) in [7, 11) is 0. The molecule has 0 spiro atoms. The van der Waals surface area contributed by atoms with Crippen LogP contribution in [-0.4, -0.2) is 0 Å². The van der Waals surface area contributed by atoms with Crippen LogP contribution in [0.1, 0.15) is 48.9 Å². The van der Waals surface area contributed by atoms with E-state index in [4.69, 9.17) is 4.42 Å². The third-order valence-corrected chi connectivity index (χ3v) is 10.2. The van der Waals surface area contributed by atoms with E-state index in [2.05, 4.69) is 140 Å². The summed E-state index contributed by atoms with van der Waals surface area (Å²) >= 11 is 0. The Hall–Kier alpha value is -5.08. The van der Waals surface area contributed by atoms with E-state index in [0.29, 0.717) is 0 Å². The predicted molar refractivity (Wildman–Crippen MR) is 188 cm³/mol. The number of hydrogen-bond donors (Lipinski definition) is 0. The standard InChI is InChI=1S/C43H35NO/c1-43(2)36-19-10-8-17-32(36)35-26-34(30-24-23-28-13-6-7-14-29(28)25-30)39(27-37(35)43)44(31-15-4-3-5-16-31)38-20-12-22-41-42(38)33-18-9-11-21-40(33)45-41/h3-5,8-12,15-27H,6-7,13-14H2,1-2H3. The molecule has 0 amide bonds. The largest absolute Gasteiger partial charge is 0.456 e. The van der Waals surface area contributed by atoms with Crippen LogP contribution in [-0.2, 0) is 18.3 Å². The molecule has 1 heterocycles. The van der Waals surface area contributed by atoms with E-state index in [9.17, 15) is 0 Å². The first-order valence-electron chi connectivity index (χ1n) is 16.2. The third-order valence-electron chi connectivity index (χ3n) is 10.2. The second kappa shape index (κ2) is 9.97. The molecule has 0 radical (unpaired) electrons. The molecule has 218 valence electrons. The Kier molecular flexibility index (Phi) is 5.83. The highest BCUT2D eigenvalue weighted by Crippen LogP contribution is 2.54. The van der Waals surface area contributed by atoms with E-state index >= 15 is 0 Å². The summed E-state index contributed by atoms with van der Waals surface area (Å²) in [5, 5.41) is 2.27. The van der Waals surface area contributed by atoms with E-state index in [1.807, 2.05) is 6.07 Å². The van der Waals surface area contributed by atoms with Crippen LogP contribution in [0.15, 0.2) is 132 Å². The van der Waals surface area contributed by atoms with Gasteiger partial charge in [0.05, 0.1) is 16.8 Å². The van der Waals surface area contributed by atoms with Crippen LogP contribution in [0, 0.1) is 0 Å². The Labute approximate surface area is 264 Å². The maximum absolute atomic E-state index is 6.41. The molecule has 2 aliphatic carbocycles. The molecule has 0 fully saturated rings. The molecule has 9 rings (SSSR count). The van der Waals surface area contributed by atoms with Crippen molar-refractivity contribution in [2.24, 2.45) is 0 Å². The van der Waals surface area contributed by atoms with Gasteiger partial charge >= 0.3 is 0 Å². The van der Waals surface area contributed by atoms with Gasteiger partial charge in [-0.25, -0.2) is 0 Å². The van der Waals surface area contributed by atoms with Crippen molar-refractivity contribution in [3.8, 4) is 22.3 Å². The van der Waals surface area contributed by atoms with Crippen LogP contribution < -0.4 is 4.90 Å². The fourth-order valence-electron chi connectivity index (χ4n) is 7.98. The lowest BCUT2D eigenvalue weighted by molar-refractivity contribution is 0.660. The molecule has 1 aromatic heterocycles. The molecule has 0 atom stereocenters. The monoisotopic (exact) mass is 581 g/mol. The minimum absolute atomic E-state index is 0.119. The van der Waals surface area contributed by atoms with Crippen LogP contribution >= 0.6 is 0 Å². The van der Waals surface area contributed by atoms with E-state index < -0.39 is 0 Å². The van der Waals surface area contributed by atoms with Crippen molar-refractivity contribution < 1.29 is 4.42 Å². The zero-order chi connectivity index (χ0) is 30.1. The summed E-state index contributed by atoms with van der Waals surface area (Å²) < 4.78 is 6.41. The van der Waals surface area contributed by atoms with Crippen molar-refractivity contribution in [3.63, 3.8) is 0 Å². The summed E-state index contributed by atoms with van der Waals surface area (Å²) in [6, 6.07) is 46.9. The van der Waals surface area contributed by atoms with E-state index in [0.717, 1.165) is 39.7 Å². The lowest BCUT2D eigenvalue weighted by Crippen LogP contribution is -2.17. The number of rotatable bonds is 4. The molecule has 7 aromatic rings. The first-order chi connectivity index (χ1) is 22.1. The second-order valence-electron chi connectivity index (χ2n) is 13.2. The quantitative estimate of drug-likeness (QED) is 0.206. The van der Waals surface area contributed by atoms with Gasteiger partial charge in [0.1, 0.15) is 11.2 Å². The molecule has 0 aliphatic heterocycles. The Bertz CT molecular complexity index is 2250. The molecular formula is C43H35NO. The number of benzene rings is 6. The van der Waals surface area contributed by atoms with Gasteiger partial charge in [-0.05, 0) is 107 Å². The zero-order valence-corrected chi connectivity index (χ0v) is 25.8. The van der Waals surface area contributed by atoms with E-state index in [1.165, 1.54) is 69.5 Å². The molecule has 2 heteroatoms. The highest BCUT2D eigenvalue weighted by Gasteiger charge is 2.37. The normalized spacial score (nSPS) is 14.7. The number of nitrogens with zero attached hydrogens (tertiary/aromatic N) is 1. The second-order valence-corrected chi connectivity index (χ2v) is 13.2. The molecule has 45 heavy (non-hydrogen) atoms. The predicted octanol–water partition coefficient (Wildman–Crippen LogP) is 11.9. The van der Waals surface area contributed by atoms with Crippen molar-refractivity contribution in [2.45, 2.75) is 44.9 Å². The van der Waals surface area contributed by atoms with Crippen molar-refractivity contribution in [1.29, 1.82) is 0 Å². The van der Waals surface area contributed by atoms with Gasteiger partial charge in [-0.2, -0.15) is 0 Å². The molecule has 6 aromatic carbocycles. The smallest absolute Gasteiger partial charge is 0.137 e. The Balaban J connectivity index is 1.38. The van der Waals surface area contributed by atoms with E-state index in [-0.39, 0.29) is 5.41 Å². The van der Waals surface area contributed by atoms with Crippen LogP contribution in [0.4, 0.5) is 17.1 Å².